The Labute approximate surface area is 67.5 Å². The molecule has 1 amide bonds. The van der Waals surface area contributed by atoms with Gasteiger partial charge < -0.3 is 10.6 Å². The second-order valence-electron chi connectivity index (χ2n) is 2.99. The van der Waals surface area contributed by atoms with E-state index in [0.717, 1.165) is 25.9 Å². The number of piperidine rings is 1. The lowest BCUT2D eigenvalue weighted by molar-refractivity contribution is -0.122. The number of hydrogen-bond donors (Lipinski definition) is 2. The first kappa shape index (κ1) is 8.53. The highest BCUT2D eigenvalue weighted by Gasteiger charge is 2.16. The quantitative estimate of drug-likeness (QED) is 0.615. The van der Waals surface area contributed by atoms with Crippen LogP contribution in [0.3, 0.4) is 0 Å². The molecule has 1 aliphatic heterocycles. The summed E-state index contributed by atoms with van der Waals surface area (Å²) in [6.07, 6.45) is 2.83. The van der Waals surface area contributed by atoms with Gasteiger partial charge in [-0.1, -0.05) is 6.92 Å². The van der Waals surface area contributed by atoms with Gasteiger partial charge in [0.1, 0.15) is 0 Å². The number of hydrogen-bond acceptors (Lipinski definition) is 2. The lowest BCUT2D eigenvalue weighted by Gasteiger charge is -2.23. The molecule has 1 fully saturated rings. The molecule has 2 N–H and O–H groups in total. The van der Waals surface area contributed by atoms with E-state index in [2.05, 4.69) is 17.6 Å². The van der Waals surface area contributed by atoms with Gasteiger partial charge in [0.05, 0.1) is 0 Å². The van der Waals surface area contributed by atoms with E-state index in [1.807, 2.05) is 0 Å². The highest BCUT2D eigenvalue weighted by atomic mass is 16.1. The first-order valence-corrected chi connectivity index (χ1v) is 4.33. The maximum atomic E-state index is 10.7. The Morgan fingerprint density at radius 3 is 3.09 bits per heavy atom. The lowest BCUT2D eigenvalue weighted by atomic mass is 10.1. The van der Waals surface area contributed by atoms with Crippen molar-refractivity contribution >= 4 is 5.91 Å². The first-order valence-electron chi connectivity index (χ1n) is 4.33. The van der Waals surface area contributed by atoms with Crippen LogP contribution in [0.2, 0.25) is 0 Å². The van der Waals surface area contributed by atoms with Gasteiger partial charge in [0.2, 0.25) is 5.91 Å². The largest absolute Gasteiger partial charge is 0.355 e. The summed E-state index contributed by atoms with van der Waals surface area (Å²) in [5.41, 5.74) is 0. The van der Waals surface area contributed by atoms with Crippen LogP contribution in [0.4, 0.5) is 0 Å². The number of carbonyl (C=O) groups is 1. The van der Waals surface area contributed by atoms with E-state index in [0.29, 0.717) is 12.5 Å². The van der Waals surface area contributed by atoms with Gasteiger partial charge in [0.25, 0.3) is 0 Å². The van der Waals surface area contributed by atoms with Crippen LogP contribution in [0.5, 0.6) is 0 Å². The molecule has 1 atom stereocenters. The summed E-state index contributed by atoms with van der Waals surface area (Å²) in [5.74, 6) is 0.194. The molecule has 64 valence electrons. The van der Waals surface area contributed by atoms with Crippen LogP contribution >= 0.6 is 0 Å². The van der Waals surface area contributed by atoms with Crippen molar-refractivity contribution in [2.45, 2.75) is 32.2 Å². The summed E-state index contributed by atoms with van der Waals surface area (Å²) >= 11 is 0. The van der Waals surface area contributed by atoms with Gasteiger partial charge in [-0.2, -0.15) is 0 Å². The number of rotatable bonds is 3. The van der Waals surface area contributed by atoms with Gasteiger partial charge in [0, 0.05) is 19.0 Å². The molecule has 0 aromatic carbocycles. The molecule has 0 aromatic heterocycles. The van der Waals surface area contributed by atoms with Crippen LogP contribution in [0.1, 0.15) is 26.2 Å². The number of amides is 1. The molecule has 0 radical (unpaired) electrons. The third-order valence-corrected chi connectivity index (χ3v) is 1.95. The smallest absolute Gasteiger partial charge is 0.220 e. The van der Waals surface area contributed by atoms with Crippen molar-refractivity contribution in [3.63, 3.8) is 0 Å². The summed E-state index contributed by atoms with van der Waals surface area (Å²) in [5, 5.41) is 6.22. The molecule has 0 bridgehead atoms. The average Bonchev–Trinajstić information content (AvgIpc) is 2.04. The van der Waals surface area contributed by atoms with Gasteiger partial charge in [-0.3, -0.25) is 4.79 Å². The average molecular weight is 156 g/mol. The van der Waals surface area contributed by atoms with Crippen molar-refractivity contribution < 1.29 is 4.79 Å². The van der Waals surface area contributed by atoms with Crippen LogP contribution in [-0.4, -0.2) is 25.0 Å². The molecule has 0 unspecified atom stereocenters. The Kier molecular flexibility index (Phi) is 3.36. The molecule has 0 spiro atoms. The van der Waals surface area contributed by atoms with Gasteiger partial charge in [-0.05, 0) is 19.4 Å². The number of nitrogens with one attached hydrogen (secondary N) is 2. The van der Waals surface area contributed by atoms with Crippen LogP contribution in [0.15, 0.2) is 0 Å². The minimum absolute atomic E-state index is 0.194. The molecule has 11 heavy (non-hydrogen) atoms. The summed E-state index contributed by atoms with van der Waals surface area (Å²) in [7, 11) is 0. The normalized spacial score (nSPS) is 24.8. The SMILES string of the molecule is CCCN[C@H]1CCC(=O)NC1. The van der Waals surface area contributed by atoms with E-state index < -0.39 is 0 Å². The van der Waals surface area contributed by atoms with Crippen molar-refractivity contribution in [1.29, 1.82) is 0 Å². The zero-order valence-corrected chi connectivity index (χ0v) is 7.02. The Morgan fingerprint density at radius 1 is 1.73 bits per heavy atom. The third-order valence-electron chi connectivity index (χ3n) is 1.95. The summed E-state index contributed by atoms with van der Waals surface area (Å²) < 4.78 is 0. The number of carbonyl (C=O) groups excluding carboxylic acids is 1. The Bertz CT molecular complexity index is 126. The van der Waals surface area contributed by atoms with Crippen LogP contribution < -0.4 is 10.6 Å². The van der Waals surface area contributed by atoms with E-state index in [9.17, 15) is 4.79 Å². The maximum Gasteiger partial charge on any atom is 0.220 e. The zero-order valence-electron chi connectivity index (χ0n) is 7.02. The second-order valence-corrected chi connectivity index (χ2v) is 2.99. The lowest BCUT2D eigenvalue weighted by Crippen LogP contribution is -2.45. The molecular weight excluding hydrogens is 140 g/mol. The topological polar surface area (TPSA) is 41.1 Å². The predicted molar refractivity (Wildman–Crippen MR) is 44.3 cm³/mol. The highest BCUT2D eigenvalue weighted by molar-refractivity contribution is 5.76. The fourth-order valence-corrected chi connectivity index (χ4v) is 1.26. The van der Waals surface area contributed by atoms with Crippen molar-refractivity contribution in [2.75, 3.05) is 13.1 Å². The molecule has 3 heteroatoms. The molecule has 1 rings (SSSR count). The second kappa shape index (κ2) is 4.34. The Hall–Kier alpha value is -0.570. The maximum absolute atomic E-state index is 10.7. The minimum atomic E-state index is 0.194. The van der Waals surface area contributed by atoms with Crippen molar-refractivity contribution in [2.24, 2.45) is 0 Å². The molecule has 1 saturated heterocycles. The fraction of sp³-hybridized carbons (Fsp3) is 0.875. The monoisotopic (exact) mass is 156 g/mol. The van der Waals surface area contributed by atoms with E-state index in [1.54, 1.807) is 0 Å². The van der Waals surface area contributed by atoms with E-state index in [4.69, 9.17) is 0 Å². The Balaban J connectivity index is 2.12. The Morgan fingerprint density at radius 2 is 2.55 bits per heavy atom. The highest BCUT2D eigenvalue weighted by Crippen LogP contribution is 2.01. The van der Waals surface area contributed by atoms with Crippen LogP contribution in [-0.2, 0) is 4.79 Å². The molecule has 0 saturated carbocycles. The van der Waals surface area contributed by atoms with Crippen LogP contribution in [0, 0.1) is 0 Å². The predicted octanol–water partition coefficient (Wildman–Crippen LogP) is 0.265. The molecule has 0 aliphatic carbocycles. The summed E-state index contributed by atoms with van der Waals surface area (Å²) in [6, 6.07) is 0.507. The molecule has 0 aromatic rings. The van der Waals surface area contributed by atoms with Gasteiger partial charge in [-0.25, -0.2) is 0 Å². The third kappa shape index (κ3) is 2.89. The summed E-state index contributed by atoms with van der Waals surface area (Å²) in [6.45, 7) is 4.01. The van der Waals surface area contributed by atoms with Gasteiger partial charge in [0.15, 0.2) is 0 Å². The van der Waals surface area contributed by atoms with E-state index >= 15 is 0 Å². The molecule has 1 heterocycles. The molecular formula is C8H16N2O. The van der Waals surface area contributed by atoms with Gasteiger partial charge in [-0.15, -0.1) is 0 Å². The standard InChI is InChI=1S/C8H16N2O/c1-2-5-9-7-3-4-8(11)10-6-7/h7,9H,2-6H2,1H3,(H,10,11)/t7-/m0/s1. The van der Waals surface area contributed by atoms with E-state index in [-0.39, 0.29) is 5.91 Å². The van der Waals surface area contributed by atoms with Crippen molar-refractivity contribution in [1.82, 2.24) is 10.6 Å². The van der Waals surface area contributed by atoms with Crippen molar-refractivity contribution in [3.05, 3.63) is 0 Å². The first-order chi connectivity index (χ1) is 5.33. The van der Waals surface area contributed by atoms with E-state index in [1.165, 1.54) is 0 Å². The molecule has 3 nitrogen and oxygen atoms in total. The minimum Gasteiger partial charge on any atom is -0.355 e. The van der Waals surface area contributed by atoms with Crippen LogP contribution in [0.25, 0.3) is 0 Å². The van der Waals surface area contributed by atoms with Crippen molar-refractivity contribution in [3.8, 4) is 0 Å². The van der Waals surface area contributed by atoms with Gasteiger partial charge >= 0.3 is 0 Å². The zero-order chi connectivity index (χ0) is 8.10. The summed E-state index contributed by atoms with van der Waals surface area (Å²) in [4.78, 5) is 10.7. The molecule has 1 aliphatic rings. The fourth-order valence-electron chi connectivity index (χ4n) is 1.26.